The summed E-state index contributed by atoms with van der Waals surface area (Å²) in [5.41, 5.74) is 0.951. The summed E-state index contributed by atoms with van der Waals surface area (Å²) < 4.78 is 5.86. The zero-order chi connectivity index (χ0) is 21.9. The van der Waals surface area contributed by atoms with Crippen molar-refractivity contribution in [3.05, 3.63) is 34.9 Å². The lowest BCUT2D eigenvalue weighted by atomic mass is 10.1. The van der Waals surface area contributed by atoms with Crippen molar-refractivity contribution in [2.45, 2.75) is 25.9 Å². The van der Waals surface area contributed by atoms with Gasteiger partial charge in [-0.1, -0.05) is 23.7 Å². The number of hydrogen-bond acceptors (Lipinski definition) is 4. The summed E-state index contributed by atoms with van der Waals surface area (Å²) in [6.07, 6.45) is 1.50. The number of nitrogens with one attached hydrogen (secondary N) is 1. The Balaban J connectivity index is 1.81. The second-order valence-corrected chi connectivity index (χ2v) is 8.21. The van der Waals surface area contributed by atoms with Gasteiger partial charge in [-0.25, -0.2) is 0 Å². The van der Waals surface area contributed by atoms with E-state index in [1.165, 1.54) is 0 Å². The van der Waals surface area contributed by atoms with E-state index >= 15 is 0 Å². The summed E-state index contributed by atoms with van der Waals surface area (Å²) in [4.78, 5) is 23.4. The molecule has 168 valence electrons. The van der Waals surface area contributed by atoms with Crippen LogP contribution in [0.1, 0.15) is 18.9 Å². The second-order valence-electron chi connectivity index (χ2n) is 7.77. The molecule has 2 rings (SSSR count). The van der Waals surface area contributed by atoms with Crippen LogP contribution in [-0.4, -0.2) is 99.7 Å². The van der Waals surface area contributed by atoms with E-state index in [9.17, 15) is 4.79 Å². The fourth-order valence-electron chi connectivity index (χ4n) is 3.52. The standard InChI is InChI=1S/C22H36ClN5O2/c1-5-30-20(9-10-26(3)4)17-25-22(24-2)28-13-11-27(12-14-28)21(29)16-18-7-6-8-19(23)15-18/h6-8,15,20H,5,9-14,16-17H2,1-4H3,(H,24,25). The first kappa shape index (κ1) is 24.4. The Morgan fingerprint density at radius 2 is 1.97 bits per heavy atom. The summed E-state index contributed by atoms with van der Waals surface area (Å²) in [6, 6.07) is 7.50. The Labute approximate surface area is 186 Å². The van der Waals surface area contributed by atoms with Crippen molar-refractivity contribution in [2.24, 2.45) is 4.99 Å². The molecule has 7 nitrogen and oxygen atoms in total. The number of hydrogen-bond donors (Lipinski definition) is 1. The molecule has 1 N–H and O–H groups in total. The van der Waals surface area contributed by atoms with E-state index in [1.54, 1.807) is 7.05 Å². The van der Waals surface area contributed by atoms with Crippen LogP contribution in [0.15, 0.2) is 29.3 Å². The number of amides is 1. The van der Waals surface area contributed by atoms with Crippen LogP contribution < -0.4 is 5.32 Å². The number of carbonyl (C=O) groups excluding carboxylic acids is 1. The number of carbonyl (C=O) groups is 1. The molecule has 1 saturated heterocycles. The fourth-order valence-corrected chi connectivity index (χ4v) is 3.73. The summed E-state index contributed by atoms with van der Waals surface area (Å²) in [5.74, 6) is 1.01. The Kier molecular flexibility index (Phi) is 10.4. The van der Waals surface area contributed by atoms with E-state index in [-0.39, 0.29) is 12.0 Å². The molecule has 1 aromatic carbocycles. The number of ether oxygens (including phenoxy) is 1. The van der Waals surface area contributed by atoms with Crippen LogP contribution in [0.5, 0.6) is 0 Å². The van der Waals surface area contributed by atoms with E-state index in [4.69, 9.17) is 16.3 Å². The maximum Gasteiger partial charge on any atom is 0.227 e. The third kappa shape index (κ3) is 8.13. The number of halogens is 1. The zero-order valence-corrected chi connectivity index (χ0v) is 19.5. The van der Waals surface area contributed by atoms with Crippen molar-refractivity contribution in [3.63, 3.8) is 0 Å². The van der Waals surface area contributed by atoms with Gasteiger partial charge < -0.3 is 24.8 Å². The van der Waals surface area contributed by atoms with Crippen LogP contribution in [-0.2, 0) is 16.0 Å². The maximum atomic E-state index is 12.6. The van der Waals surface area contributed by atoms with Gasteiger partial charge in [0.15, 0.2) is 5.96 Å². The highest BCUT2D eigenvalue weighted by Crippen LogP contribution is 2.13. The fraction of sp³-hybridized carbons (Fsp3) is 0.636. The van der Waals surface area contributed by atoms with Gasteiger partial charge in [0.05, 0.1) is 12.5 Å². The second kappa shape index (κ2) is 12.8. The minimum atomic E-state index is 0.139. The third-order valence-electron chi connectivity index (χ3n) is 5.18. The van der Waals surface area contributed by atoms with Gasteiger partial charge in [0.25, 0.3) is 0 Å². The molecule has 0 spiro atoms. The van der Waals surface area contributed by atoms with Crippen LogP contribution in [0, 0.1) is 0 Å². The average molecular weight is 438 g/mol. The highest BCUT2D eigenvalue weighted by molar-refractivity contribution is 6.30. The summed E-state index contributed by atoms with van der Waals surface area (Å²) in [6.45, 7) is 7.34. The quantitative estimate of drug-likeness (QED) is 0.472. The normalized spacial score (nSPS) is 16.1. The van der Waals surface area contributed by atoms with Crippen molar-refractivity contribution in [2.75, 3.05) is 67.0 Å². The Morgan fingerprint density at radius 1 is 1.27 bits per heavy atom. The van der Waals surface area contributed by atoms with Crippen molar-refractivity contribution in [3.8, 4) is 0 Å². The number of piperazine rings is 1. The van der Waals surface area contributed by atoms with Gasteiger partial charge in [-0.05, 0) is 45.1 Å². The van der Waals surface area contributed by atoms with Crippen LogP contribution in [0.25, 0.3) is 0 Å². The van der Waals surface area contributed by atoms with E-state index in [2.05, 4.69) is 34.2 Å². The topological polar surface area (TPSA) is 60.4 Å². The van der Waals surface area contributed by atoms with Gasteiger partial charge >= 0.3 is 0 Å². The monoisotopic (exact) mass is 437 g/mol. The Bertz CT molecular complexity index is 690. The lowest BCUT2D eigenvalue weighted by Crippen LogP contribution is -2.54. The van der Waals surface area contributed by atoms with E-state index in [0.29, 0.717) is 31.1 Å². The molecular formula is C22H36ClN5O2. The number of aliphatic imine (C=N–C) groups is 1. The SMILES string of the molecule is CCOC(CCN(C)C)CNC(=NC)N1CCN(C(=O)Cc2cccc(Cl)c2)CC1. The van der Waals surface area contributed by atoms with E-state index in [1.807, 2.05) is 36.1 Å². The molecular weight excluding hydrogens is 402 g/mol. The molecule has 0 radical (unpaired) electrons. The Hall–Kier alpha value is -1.83. The molecule has 1 amide bonds. The Morgan fingerprint density at radius 3 is 2.57 bits per heavy atom. The molecule has 1 atom stereocenters. The molecule has 0 saturated carbocycles. The molecule has 1 aliphatic rings. The third-order valence-corrected chi connectivity index (χ3v) is 5.41. The summed E-state index contributed by atoms with van der Waals surface area (Å²) in [7, 11) is 5.94. The van der Waals surface area contributed by atoms with Gasteiger partial charge in [0.1, 0.15) is 0 Å². The molecule has 1 unspecified atom stereocenters. The highest BCUT2D eigenvalue weighted by atomic mass is 35.5. The van der Waals surface area contributed by atoms with Gasteiger partial charge in [-0.2, -0.15) is 0 Å². The molecule has 1 aliphatic heterocycles. The zero-order valence-electron chi connectivity index (χ0n) is 18.7. The van der Waals surface area contributed by atoms with Crippen molar-refractivity contribution < 1.29 is 9.53 Å². The number of benzene rings is 1. The lowest BCUT2D eigenvalue weighted by Gasteiger charge is -2.37. The predicted octanol–water partition coefficient (Wildman–Crippen LogP) is 1.96. The first-order valence-corrected chi connectivity index (χ1v) is 11.0. The highest BCUT2D eigenvalue weighted by Gasteiger charge is 2.23. The smallest absolute Gasteiger partial charge is 0.227 e. The first-order chi connectivity index (χ1) is 14.4. The minimum Gasteiger partial charge on any atom is -0.377 e. The van der Waals surface area contributed by atoms with Crippen molar-refractivity contribution in [1.82, 2.24) is 20.0 Å². The van der Waals surface area contributed by atoms with Gasteiger partial charge in [0.2, 0.25) is 5.91 Å². The summed E-state index contributed by atoms with van der Waals surface area (Å²) >= 11 is 6.03. The van der Waals surface area contributed by atoms with Gasteiger partial charge in [-0.15, -0.1) is 0 Å². The van der Waals surface area contributed by atoms with E-state index in [0.717, 1.165) is 44.1 Å². The predicted molar refractivity (Wildman–Crippen MR) is 123 cm³/mol. The molecule has 8 heteroatoms. The molecule has 0 aliphatic carbocycles. The van der Waals surface area contributed by atoms with Crippen LogP contribution >= 0.6 is 11.6 Å². The number of rotatable bonds is 9. The van der Waals surface area contributed by atoms with Gasteiger partial charge in [-0.3, -0.25) is 9.79 Å². The van der Waals surface area contributed by atoms with E-state index < -0.39 is 0 Å². The van der Waals surface area contributed by atoms with Crippen LogP contribution in [0.4, 0.5) is 0 Å². The number of nitrogens with zero attached hydrogens (tertiary/aromatic N) is 4. The molecule has 1 fully saturated rings. The van der Waals surface area contributed by atoms with Crippen LogP contribution in [0.2, 0.25) is 5.02 Å². The summed E-state index contributed by atoms with van der Waals surface area (Å²) in [5, 5.41) is 4.12. The average Bonchev–Trinajstić information content (AvgIpc) is 2.72. The first-order valence-electron chi connectivity index (χ1n) is 10.7. The minimum absolute atomic E-state index is 0.139. The molecule has 1 heterocycles. The number of guanidine groups is 1. The van der Waals surface area contributed by atoms with Crippen LogP contribution in [0.3, 0.4) is 0 Å². The lowest BCUT2D eigenvalue weighted by molar-refractivity contribution is -0.131. The maximum absolute atomic E-state index is 12.6. The molecule has 1 aromatic rings. The molecule has 0 aromatic heterocycles. The largest absolute Gasteiger partial charge is 0.377 e. The molecule has 30 heavy (non-hydrogen) atoms. The van der Waals surface area contributed by atoms with Crippen molar-refractivity contribution >= 4 is 23.5 Å². The van der Waals surface area contributed by atoms with Gasteiger partial charge in [0, 0.05) is 57.9 Å². The molecule has 0 bridgehead atoms. The van der Waals surface area contributed by atoms with Crippen molar-refractivity contribution in [1.29, 1.82) is 0 Å².